The molecule has 1 atom stereocenters. The first-order chi connectivity index (χ1) is 16.3. The molecule has 0 unspecified atom stereocenters. The van der Waals surface area contributed by atoms with E-state index in [9.17, 15) is 10.1 Å². The maximum Gasteiger partial charge on any atom is 0.347 e. The zero-order valence-electron chi connectivity index (χ0n) is 19.3. The van der Waals surface area contributed by atoms with Gasteiger partial charge in [0.05, 0.1) is 11.4 Å². The first kappa shape index (κ1) is 21.4. The summed E-state index contributed by atoms with van der Waals surface area (Å²) in [5, 5.41) is 14.5. The Kier molecular flexibility index (Phi) is 4.94. The summed E-state index contributed by atoms with van der Waals surface area (Å²) < 4.78 is 9.30. The van der Waals surface area contributed by atoms with Crippen molar-refractivity contribution in [1.82, 2.24) is 24.3 Å². The minimum absolute atomic E-state index is 0.248. The molecule has 9 heteroatoms. The molecule has 1 aromatic carbocycles. The zero-order chi connectivity index (χ0) is 24.1. The van der Waals surface area contributed by atoms with Gasteiger partial charge in [-0.3, -0.25) is 4.68 Å². The number of fused-ring (bicyclic) bond motifs is 7. The average Bonchev–Trinajstić information content (AvgIpc) is 3.11. The van der Waals surface area contributed by atoms with Gasteiger partial charge in [-0.2, -0.15) is 15.3 Å². The van der Waals surface area contributed by atoms with Crippen molar-refractivity contribution in [3.8, 4) is 34.2 Å². The Morgan fingerprint density at radius 2 is 2.06 bits per heavy atom. The van der Waals surface area contributed by atoms with Crippen molar-refractivity contribution in [1.29, 1.82) is 5.26 Å². The molecule has 0 radical (unpaired) electrons. The van der Waals surface area contributed by atoms with Gasteiger partial charge in [-0.05, 0) is 19.9 Å². The Morgan fingerprint density at radius 3 is 2.82 bits per heavy atom. The zero-order valence-corrected chi connectivity index (χ0v) is 19.3. The van der Waals surface area contributed by atoms with E-state index < -0.39 is 6.10 Å². The highest BCUT2D eigenvalue weighted by Crippen LogP contribution is 2.38. The van der Waals surface area contributed by atoms with E-state index in [0.29, 0.717) is 40.4 Å². The van der Waals surface area contributed by atoms with Gasteiger partial charge in [0.2, 0.25) is 0 Å². The van der Waals surface area contributed by atoms with Crippen LogP contribution in [0.4, 0.5) is 5.82 Å². The van der Waals surface area contributed by atoms with Crippen LogP contribution in [0, 0.1) is 18.3 Å². The van der Waals surface area contributed by atoms with Gasteiger partial charge >= 0.3 is 5.69 Å². The molecule has 4 heterocycles. The van der Waals surface area contributed by atoms with Crippen molar-refractivity contribution in [3.63, 3.8) is 0 Å². The number of nitrogens with zero attached hydrogens (tertiary/aromatic N) is 6. The minimum Gasteiger partial charge on any atom is -0.482 e. The first-order valence-electron chi connectivity index (χ1n) is 10.8. The highest BCUT2D eigenvalue weighted by atomic mass is 16.5. The molecule has 4 aromatic rings. The standard InChI is InChI=1S/C25H23N7O2/c1-13-5-6-17-18(7-13)14(2)34-21-9-15(11-28-24(21)27)22-19(30-32(4)20(22)10-26)8-16-12-31(3)25(33)29-23(16)17/h5-7,9,11-12,14H,8H2,1-4H3,(H2,27,28)/t14-/m1/s1. The second-order valence-electron chi connectivity index (χ2n) is 8.55. The highest BCUT2D eigenvalue weighted by molar-refractivity contribution is 5.75. The molecule has 170 valence electrons. The molecule has 1 aliphatic rings. The third kappa shape index (κ3) is 3.40. The maximum atomic E-state index is 12.6. The van der Waals surface area contributed by atoms with E-state index in [1.807, 2.05) is 32.0 Å². The Bertz CT molecular complexity index is 1560. The summed E-state index contributed by atoms with van der Waals surface area (Å²) in [7, 11) is 3.40. The lowest BCUT2D eigenvalue weighted by molar-refractivity contribution is 0.228. The van der Waals surface area contributed by atoms with Crippen LogP contribution >= 0.6 is 0 Å². The quantitative estimate of drug-likeness (QED) is 0.434. The topological polar surface area (TPSA) is 125 Å². The molecule has 34 heavy (non-hydrogen) atoms. The third-order valence-electron chi connectivity index (χ3n) is 6.12. The van der Waals surface area contributed by atoms with Crippen molar-refractivity contribution < 1.29 is 4.74 Å². The molecule has 5 rings (SSSR count). The fraction of sp³-hybridized carbons (Fsp3) is 0.240. The van der Waals surface area contributed by atoms with E-state index in [2.05, 4.69) is 21.1 Å². The Morgan fingerprint density at radius 1 is 1.26 bits per heavy atom. The summed E-state index contributed by atoms with van der Waals surface area (Å²) in [6.45, 7) is 3.93. The monoisotopic (exact) mass is 453 g/mol. The third-order valence-corrected chi connectivity index (χ3v) is 6.12. The average molecular weight is 454 g/mol. The minimum atomic E-state index is -0.406. The number of aromatic nitrogens is 5. The van der Waals surface area contributed by atoms with E-state index >= 15 is 0 Å². The van der Waals surface area contributed by atoms with Crippen LogP contribution in [0.5, 0.6) is 5.75 Å². The van der Waals surface area contributed by atoms with Crippen LogP contribution in [-0.2, 0) is 20.5 Å². The second-order valence-corrected chi connectivity index (χ2v) is 8.55. The number of aryl methyl sites for hydroxylation is 3. The lowest BCUT2D eigenvalue weighted by Crippen LogP contribution is -2.22. The number of ether oxygens (including phenoxy) is 1. The number of anilines is 1. The maximum absolute atomic E-state index is 12.6. The van der Waals surface area contributed by atoms with Crippen molar-refractivity contribution in [2.45, 2.75) is 26.4 Å². The Balaban J connectivity index is 1.88. The van der Waals surface area contributed by atoms with E-state index in [1.54, 1.807) is 37.2 Å². The van der Waals surface area contributed by atoms with Crippen LogP contribution in [0.15, 0.2) is 41.5 Å². The molecule has 0 spiro atoms. The lowest BCUT2D eigenvalue weighted by atomic mass is 9.93. The summed E-state index contributed by atoms with van der Waals surface area (Å²) in [5.41, 5.74) is 12.3. The number of nitriles is 1. The second kappa shape index (κ2) is 7.85. The van der Waals surface area contributed by atoms with Crippen LogP contribution in [-0.4, -0.2) is 24.3 Å². The van der Waals surface area contributed by atoms with Gasteiger partial charge < -0.3 is 15.0 Å². The van der Waals surface area contributed by atoms with E-state index in [1.165, 1.54) is 4.57 Å². The number of rotatable bonds is 0. The van der Waals surface area contributed by atoms with Crippen molar-refractivity contribution in [2.75, 3.05) is 5.73 Å². The first-order valence-corrected chi connectivity index (χ1v) is 10.8. The Labute approximate surface area is 196 Å². The number of pyridine rings is 1. The summed E-state index contributed by atoms with van der Waals surface area (Å²) >= 11 is 0. The van der Waals surface area contributed by atoms with Gasteiger partial charge in [0.25, 0.3) is 0 Å². The predicted molar refractivity (Wildman–Crippen MR) is 127 cm³/mol. The van der Waals surface area contributed by atoms with Gasteiger partial charge in [0, 0.05) is 60.7 Å². The van der Waals surface area contributed by atoms with Gasteiger partial charge in [-0.25, -0.2) is 9.78 Å². The number of benzene rings is 1. The molecule has 3 aromatic heterocycles. The molecule has 2 N–H and O–H groups in total. The van der Waals surface area contributed by atoms with Gasteiger partial charge in [0.1, 0.15) is 17.9 Å². The molecule has 2 bridgehead atoms. The molecule has 0 saturated carbocycles. The molecular formula is C25H23N7O2. The largest absolute Gasteiger partial charge is 0.482 e. The fourth-order valence-corrected chi connectivity index (χ4v) is 4.45. The van der Waals surface area contributed by atoms with E-state index in [4.69, 9.17) is 10.5 Å². The van der Waals surface area contributed by atoms with Crippen LogP contribution < -0.4 is 16.2 Å². The number of hydrogen-bond acceptors (Lipinski definition) is 7. The normalized spacial score (nSPS) is 14.5. The number of hydrogen-bond donors (Lipinski definition) is 1. The van der Waals surface area contributed by atoms with Crippen molar-refractivity contribution in [3.05, 3.63) is 75.2 Å². The highest BCUT2D eigenvalue weighted by Gasteiger charge is 2.25. The summed E-state index contributed by atoms with van der Waals surface area (Å²) in [5.74, 6) is 0.659. The predicted octanol–water partition coefficient (Wildman–Crippen LogP) is 3.05. The SMILES string of the molecule is Cc1ccc2c(c1)[C@@H](C)Oc1cc(cnc1N)-c1c(nn(C)c1C#N)Cc1cn(C)c(=O)nc1-2. The fourth-order valence-electron chi connectivity index (χ4n) is 4.45. The molecule has 9 nitrogen and oxygen atoms in total. The van der Waals surface area contributed by atoms with Crippen LogP contribution in [0.2, 0.25) is 0 Å². The van der Waals surface area contributed by atoms with Crippen molar-refractivity contribution >= 4 is 5.82 Å². The summed E-state index contributed by atoms with van der Waals surface area (Å²) in [6, 6.07) is 10.0. The summed E-state index contributed by atoms with van der Waals surface area (Å²) in [4.78, 5) is 21.4. The van der Waals surface area contributed by atoms with Gasteiger partial charge in [-0.15, -0.1) is 0 Å². The molecular weight excluding hydrogens is 430 g/mol. The molecule has 1 aliphatic heterocycles. The van der Waals surface area contributed by atoms with E-state index in [-0.39, 0.29) is 11.5 Å². The van der Waals surface area contributed by atoms with Gasteiger partial charge in [0.15, 0.2) is 11.6 Å². The van der Waals surface area contributed by atoms with Crippen LogP contribution in [0.3, 0.4) is 0 Å². The van der Waals surface area contributed by atoms with Gasteiger partial charge in [-0.1, -0.05) is 23.8 Å². The van der Waals surface area contributed by atoms with E-state index in [0.717, 1.165) is 22.3 Å². The summed E-state index contributed by atoms with van der Waals surface area (Å²) in [6.07, 6.45) is 3.36. The number of nitrogens with two attached hydrogens (primary N) is 1. The molecule has 0 fully saturated rings. The van der Waals surface area contributed by atoms with Crippen molar-refractivity contribution in [2.24, 2.45) is 14.1 Å². The lowest BCUT2D eigenvalue weighted by Gasteiger charge is -2.22. The van der Waals surface area contributed by atoms with Crippen LogP contribution in [0.25, 0.3) is 22.4 Å². The molecule has 0 saturated heterocycles. The Hall–Kier alpha value is -4.45. The molecule has 0 amide bonds. The smallest absolute Gasteiger partial charge is 0.347 e. The molecule has 0 aliphatic carbocycles. The number of nitrogen functional groups attached to an aromatic ring is 1. The van der Waals surface area contributed by atoms with Crippen LogP contribution in [0.1, 0.15) is 41.1 Å².